The number of rotatable bonds is 26. The van der Waals surface area contributed by atoms with Gasteiger partial charge in [-0.05, 0) is 6.42 Å². The van der Waals surface area contributed by atoms with E-state index in [1.54, 1.807) is 0 Å². The highest BCUT2D eigenvalue weighted by molar-refractivity contribution is 7.47. The summed E-state index contributed by atoms with van der Waals surface area (Å²) < 4.78 is 26.1. The molecule has 0 aliphatic rings. The molecule has 0 aromatic heterocycles. The number of unbranched alkanes of at least 4 members (excludes halogenated alkanes) is 16. The molecule has 0 bridgehead atoms. The smallest absolute Gasteiger partial charge is 0.388 e. The Labute approximate surface area is 197 Å². The van der Waals surface area contributed by atoms with Crippen molar-refractivity contribution in [2.24, 2.45) is 5.73 Å². The molecule has 0 radical (unpaired) electrons. The molecule has 0 aliphatic heterocycles. The number of nitrogens with two attached hydrogens (primary N) is 1. The van der Waals surface area contributed by atoms with Gasteiger partial charge in [-0.2, -0.15) is 0 Å². The van der Waals surface area contributed by atoms with Crippen LogP contribution in [0, 0.1) is 0 Å². The van der Waals surface area contributed by atoms with Crippen molar-refractivity contribution in [3.63, 3.8) is 0 Å². The van der Waals surface area contributed by atoms with Crippen LogP contribution in [-0.4, -0.2) is 49.1 Å². The van der Waals surface area contributed by atoms with Gasteiger partial charge in [-0.3, -0.25) is 9.05 Å². The second kappa shape index (κ2) is 24.1. The molecule has 0 aliphatic carbocycles. The minimum atomic E-state index is -4.14. The first-order valence-electron chi connectivity index (χ1n) is 13.1. The highest BCUT2D eigenvalue weighted by Crippen LogP contribution is 2.42. The zero-order valence-electron chi connectivity index (χ0n) is 20.7. The molecule has 0 aromatic rings. The molecule has 0 fully saturated rings. The number of hydrogen-bond donors (Lipinski definition) is 3. The average Bonchev–Trinajstić information content (AvgIpc) is 2.78. The highest BCUT2D eigenvalue weighted by atomic mass is 31.2. The summed E-state index contributed by atoms with van der Waals surface area (Å²) in [4.78, 5) is 9.33. The Morgan fingerprint density at radius 3 is 1.56 bits per heavy atom. The van der Waals surface area contributed by atoms with E-state index in [9.17, 15) is 14.6 Å². The van der Waals surface area contributed by atoms with Crippen LogP contribution in [0.4, 0.5) is 0 Å². The number of phosphoric ester groups is 1. The van der Waals surface area contributed by atoms with Gasteiger partial charge in [-0.1, -0.05) is 110 Å². The molecule has 0 amide bonds. The Morgan fingerprint density at radius 1 is 0.688 bits per heavy atom. The lowest BCUT2D eigenvalue weighted by Gasteiger charge is -2.15. The third-order valence-electron chi connectivity index (χ3n) is 5.50. The first-order chi connectivity index (χ1) is 15.5. The lowest BCUT2D eigenvalue weighted by molar-refractivity contribution is 0.00230. The maximum absolute atomic E-state index is 11.4. The van der Waals surface area contributed by atoms with E-state index in [4.69, 9.17) is 10.5 Å². The van der Waals surface area contributed by atoms with Gasteiger partial charge >= 0.3 is 7.82 Å². The van der Waals surface area contributed by atoms with Crippen molar-refractivity contribution in [2.75, 3.05) is 33.0 Å². The summed E-state index contributed by atoms with van der Waals surface area (Å²) in [5, 5.41) is 9.72. The van der Waals surface area contributed by atoms with Gasteiger partial charge in [0.2, 0.25) is 0 Å². The first-order valence-corrected chi connectivity index (χ1v) is 14.6. The van der Waals surface area contributed by atoms with Crippen LogP contribution in [-0.2, 0) is 18.3 Å². The third kappa shape index (κ3) is 24.6. The molecule has 0 heterocycles. The van der Waals surface area contributed by atoms with Crippen molar-refractivity contribution >= 4 is 7.82 Å². The zero-order valence-corrected chi connectivity index (χ0v) is 21.6. The van der Waals surface area contributed by atoms with Gasteiger partial charge in [0.05, 0.1) is 19.8 Å². The Kier molecular flexibility index (Phi) is 24.1. The Balaban J connectivity index is 3.24. The quantitative estimate of drug-likeness (QED) is 0.101. The second-order valence-electron chi connectivity index (χ2n) is 8.77. The minimum absolute atomic E-state index is 0.0698. The van der Waals surface area contributed by atoms with Gasteiger partial charge in [0.15, 0.2) is 0 Å². The van der Waals surface area contributed by atoms with Gasteiger partial charge in [0.1, 0.15) is 6.10 Å². The zero-order chi connectivity index (χ0) is 23.8. The van der Waals surface area contributed by atoms with E-state index < -0.39 is 13.9 Å². The van der Waals surface area contributed by atoms with E-state index >= 15 is 0 Å². The third-order valence-corrected chi connectivity index (χ3v) is 6.49. The van der Waals surface area contributed by atoms with E-state index in [0.29, 0.717) is 6.61 Å². The fourth-order valence-electron chi connectivity index (χ4n) is 3.58. The monoisotopic (exact) mass is 481 g/mol. The second-order valence-corrected chi connectivity index (χ2v) is 10.2. The predicted octanol–water partition coefficient (Wildman–Crippen LogP) is 6.11. The molecule has 0 aromatic carbocycles. The van der Waals surface area contributed by atoms with Crippen molar-refractivity contribution in [2.45, 2.75) is 122 Å². The van der Waals surface area contributed by atoms with Crippen molar-refractivity contribution in [1.29, 1.82) is 0 Å². The highest BCUT2D eigenvalue weighted by Gasteiger charge is 2.22. The molecular weight excluding hydrogens is 429 g/mol. The van der Waals surface area contributed by atoms with Crippen molar-refractivity contribution in [3.8, 4) is 0 Å². The molecule has 0 saturated carbocycles. The van der Waals surface area contributed by atoms with Gasteiger partial charge in [0.25, 0.3) is 0 Å². The molecule has 194 valence electrons. The summed E-state index contributed by atoms with van der Waals surface area (Å²) in [5.41, 5.74) is 5.19. The molecule has 0 rings (SSSR count). The van der Waals surface area contributed by atoms with Crippen LogP contribution in [0.1, 0.15) is 116 Å². The number of aliphatic hydroxyl groups is 1. The largest absolute Gasteiger partial charge is 0.472 e. The molecule has 32 heavy (non-hydrogen) atoms. The molecule has 0 spiro atoms. The number of phosphoric acid groups is 1. The maximum atomic E-state index is 11.4. The summed E-state index contributed by atoms with van der Waals surface area (Å²) in [6.07, 6.45) is 21.7. The molecular formula is C24H52NO6P. The fourth-order valence-corrected chi connectivity index (χ4v) is 4.35. The fraction of sp³-hybridized carbons (Fsp3) is 1.00. The predicted molar refractivity (Wildman–Crippen MR) is 132 cm³/mol. The van der Waals surface area contributed by atoms with Crippen LogP contribution >= 0.6 is 7.82 Å². The Morgan fingerprint density at radius 2 is 1.12 bits per heavy atom. The van der Waals surface area contributed by atoms with Crippen molar-refractivity contribution < 1.29 is 28.3 Å². The average molecular weight is 482 g/mol. The van der Waals surface area contributed by atoms with Crippen LogP contribution in [0.25, 0.3) is 0 Å². The standard InChI is InChI=1S/C24H52NO6P/c1-2-3-4-5-6-7-8-9-10-11-12-13-14-15-16-17-18-20-29-22-24(26)23-31-32(27,28)30-21-19-25/h24,26H,2-23,25H2,1H3,(H,27,28). The van der Waals surface area contributed by atoms with Gasteiger partial charge < -0.3 is 20.5 Å². The lowest BCUT2D eigenvalue weighted by Crippen LogP contribution is -2.22. The van der Waals surface area contributed by atoms with Gasteiger partial charge in [0, 0.05) is 13.2 Å². The van der Waals surface area contributed by atoms with Crippen LogP contribution in [0.5, 0.6) is 0 Å². The number of ether oxygens (including phenoxy) is 1. The van der Waals surface area contributed by atoms with E-state index in [1.165, 1.54) is 96.3 Å². The number of hydrogen-bond acceptors (Lipinski definition) is 6. The van der Waals surface area contributed by atoms with Crippen LogP contribution < -0.4 is 5.73 Å². The van der Waals surface area contributed by atoms with E-state index in [0.717, 1.165) is 12.8 Å². The first kappa shape index (κ1) is 32.0. The molecule has 8 heteroatoms. The lowest BCUT2D eigenvalue weighted by atomic mass is 10.0. The summed E-state index contributed by atoms with van der Waals surface area (Å²) in [5.74, 6) is 0. The molecule has 2 atom stereocenters. The van der Waals surface area contributed by atoms with E-state index in [1.807, 2.05) is 0 Å². The van der Waals surface area contributed by atoms with Gasteiger partial charge in [-0.25, -0.2) is 4.57 Å². The van der Waals surface area contributed by atoms with Crippen LogP contribution in [0.3, 0.4) is 0 Å². The normalized spacial score (nSPS) is 14.5. The number of aliphatic hydroxyl groups excluding tert-OH is 1. The van der Waals surface area contributed by atoms with Gasteiger partial charge in [-0.15, -0.1) is 0 Å². The summed E-state index contributed by atoms with van der Waals surface area (Å²) >= 11 is 0. The van der Waals surface area contributed by atoms with Crippen LogP contribution in [0.2, 0.25) is 0 Å². The molecule has 7 nitrogen and oxygen atoms in total. The van der Waals surface area contributed by atoms with E-state index in [2.05, 4.69) is 16.0 Å². The van der Waals surface area contributed by atoms with E-state index in [-0.39, 0.29) is 26.4 Å². The summed E-state index contributed by atoms with van der Waals surface area (Å²) in [6.45, 7) is 2.68. The van der Waals surface area contributed by atoms with Crippen molar-refractivity contribution in [3.05, 3.63) is 0 Å². The van der Waals surface area contributed by atoms with Crippen LogP contribution in [0.15, 0.2) is 0 Å². The molecule has 4 N–H and O–H groups in total. The Bertz CT molecular complexity index is 427. The topological polar surface area (TPSA) is 111 Å². The Hall–Kier alpha value is -0.0100. The SMILES string of the molecule is CCCCCCCCCCCCCCCCCCCOCC(O)COP(=O)(O)OCCN. The summed E-state index contributed by atoms with van der Waals surface area (Å²) in [7, 11) is -4.14. The maximum Gasteiger partial charge on any atom is 0.472 e. The molecule has 2 unspecified atom stereocenters. The minimum Gasteiger partial charge on any atom is -0.388 e. The van der Waals surface area contributed by atoms with Crippen molar-refractivity contribution in [1.82, 2.24) is 0 Å². The molecule has 0 saturated heterocycles. The summed E-state index contributed by atoms with van der Waals surface area (Å²) in [6, 6.07) is 0.